The third kappa shape index (κ3) is 2.37. The van der Waals surface area contributed by atoms with Crippen molar-refractivity contribution < 1.29 is 4.74 Å². The molecule has 0 spiro atoms. The molecule has 0 radical (unpaired) electrons. The first kappa shape index (κ1) is 13.3. The van der Waals surface area contributed by atoms with Gasteiger partial charge in [-0.25, -0.2) is 0 Å². The first-order chi connectivity index (χ1) is 9.81. The lowest BCUT2D eigenvalue weighted by atomic mass is 9.90. The number of hydrogen-bond donors (Lipinski definition) is 0. The molecule has 0 bridgehead atoms. The Morgan fingerprint density at radius 2 is 1.45 bits per heavy atom. The Hall–Kier alpha value is -1.64. The molecule has 2 heteroatoms. The number of nitrogens with zero attached hydrogens (tertiary/aromatic N) is 1. The lowest BCUT2D eigenvalue weighted by Crippen LogP contribution is -2.60. The first-order valence-electron chi connectivity index (χ1n) is 7.19. The zero-order valence-electron chi connectivity index (χ0n) is 12.1. The van der Waals surface area contributed by atoms with E-state index in [9.17, 15) is 0 Å². The fourth-order valence-electron chi connectivity index (χ4n) is 3.06. The Labute approximate surface area is 121 Å². The second kappa shape index (κ2) is 5.78. The van der Waals surface area contributed by atoms with E-state index in [1.54, 1.807) is 7.11 Å². The van der Waals surface area contributed by atoms with Crippen molar-refractivity contribution >= 4 is 0 Å². The minimum atomic E-state index is 0.318. The van der Waals surface area contributed by atoms with Gasteiger partial charge in [0.25, 0.3) is 0 Å². The van der Waals surface area contributed by atoms with Crippen molar-refractivity contribution in [2.75, 3.05) is 13.7 Å². The molecule has 20 heavy (non-hydrogen) atoms. The van der Waals surface area contributed by atoms with Crippen molar-refractivity contribution in [2.45, 2.75) is 25.1 Å². The van der Waals surface area contributed by atoms with Crippen LogP contribution in [0.4, 0.5) is 0 Å². The van der Waals surface area contributed by atoms with Gasteiger partial charge in [0.15, 0.2) is 0 Å². The highest BCUT2D eigenvalue weighted by molar-refractivity contribution is 5.32. The molecule has 0 N–H and O–H groups in total. The minimum Gasteiger partial charge on any atom is -0.379 e. The minimum absolute atomic E-state index is 0.318. The number of benzene rings is 2. The van der Waals surface area contributed by atoms with Crippen molar-refractivity contribution in [3.8, 4) is 0 Å². The van der Waals surface area contributed by atoms with Crippen LogP contribution in [0, 0.1) is 0 Å². The average molecular weight is 267 g/mol. The van der Waals surface area contributed by atoms with Gasteiger partial charge in [0.2, 0.25) is 0 Å². The molecule has 0 saturated carbocycles. The van der Waals surface area contributed by atoms with E-state index in [4.69, 9.17) is 4.74 Å². The smallest absolute Gasteiger partial charge is 0.0851 e. The molecule has 1 aliphatic heterocycles. The molecule has 0 amide bonds. The maximum absolute atomic E-state index is 5.51. The Kier molecular flexibility index (Phi) is 3.86. The number of methoxy groups -OCH3 is 1. The van der Waals surface area contributed by atoms with Gasteiger partial charge < -0.3 is 4.74 Å². The van der Waals surface area contributed by atoms with Crippen LogP contribution in [-0.4, -0.2) is 30.7 Å². The van der Waals surface area contributed by atoms with E-state index in [0.29, 0.717) is 18.2 Å². The molecule has 0 aliphatic carbocycles. The lowest BCUT2D eigenvalue weighted by Gasteiger charge is -2.50. The quantitative estimate of drug-likeness (QED) is 0.840. The third-order valence-corrected chi connectivity index (χ3v) is 4.32. The van der Waals surface area contributed by atoms with E-state index in [-0.39, 0.29) is 0 Å². The Bertz CT molecular complexity index is 500. The lowest BCUT2D eigenvalue weighted by molar-refractivity contribution is -0.0912. The summed E-state index contributed by atoms with van der Waals surface area (Å²) in [5, 5.41) is 0. The van der Waals surface area contributed by atoms with Gasteiger partial charge in [0, 0.05) is 19.7 Å². The first-order valence-corrected chi connectivity index (χ1v) is 7.19. The normalized spacial score (nSPS) is 22.8. The zero-order valence-corrected chi connectivity index (χ0v) is 12.1. The van der Waals surface area contributed by atoms with Crippen LogP contribution in [0.25, 0.3) is 0 Å². The van der Waals surface area contributed by atoms with Crippen molar-refractivity contribution in [1.29, 1.82) is 0 Å². The molecule has 1 saturated heterocycles. The maximum Gasteiger partial charge on any atom is 0.0851 e. The number of ether oxygens (including phenoxy) is 1. The highest BCUT2D eigenvalue weighted by atomic mass is 16.5. The summed E-state index contributed by atoms with van der Waals surface area (Å²) < 4.78 is 5.51. The van der Waals surface area contributed by atoms with Crippen molar-refractivity contribution in [3.63, 3.8) is 0 Å². The van der Waals surface area contributed by atoms with Gasteiger partial charge >= 0.3 is 0 Å². The SMILES string of the molecule is CO[C@@H]1CN(C(c2ccccc2)c2ccccc2)C1C. The fourth-order valence-corrected chi connectivity index (χ4v) is 3.06. The maximum atomic E-state index is 5.51. The Balaban J connectivity index is 1.94. The molecule has 1 aliphatic rings. The summed E-state index contributed by atoms with van der Waals surface area (Å²) in [4.78, 5) is 2.51. The fraction of sp³-hybridized carbons (Fsp3) is 0.333. The second-order valence-electron chi connectivity index (χ2n) is 5.44. The summed E-state index contributed by atoms with van der Waals surface area (Å²) in [6.45, 7) is 3.24. The predicted molar refractivity (Wildman–Crippen MR) is 81.7 cm³/mol. The van der Waals surface area contributed by atoms with Crippen molar-refractivity contribution in [1.82, 2.24) is 4.90 Å². The molecule has 2 atom stereocenters. The summed E-state index contributed by atoms with van der Waals surface area (Å²) in [5.74, 6) is 0. The number of rotatable bonds is 4. The van der Waals surface area contributed by atoms with Crippen LogP contribution < -0.4 is 0 Å². The molecular weight excluding hydrogens is 246 g/mol. The topological polar surface area (TPSA) is 12.5 Å². The summed E-state index contributed by atoms with van der Waals surface area (Å²) in [5.41, 5.74) is 2.69. The molecule has 104 valence electrons. The number of likely N-dealkylation sites (tertiary alicyclic amines) is 1. The Morgan fingerprint density at radius 3 is 1.85 bits per heavy atom. The molecule has 1 fully saturated rings. The van der Waals surface area contributed by atoms with E-state index in [1.807, 2.05) is 0 Å². The summed E-state index contributed by atoms with van der Waals surface area (Å²) in [7, 11) is 1.80. The third-order valence-electron chi connectivity index (χ3n) is 4.32. The molecule has 1 heterocycles. The predicted octanol–water partition coefficient (Wildman–Crippen LogP) is 3.50. The van der Waals surface area contributed by atoms with Crippen LogP contribution in [0.1, 0.15) is 24.1 Å². The monoisotopic (exact) mass is 267 g/mol. The van der Waals surface area contributed by atoms with Crippen LogP contribution in [-0.2, 0) is 4.74 Å². The van der Waals surface area contributed by atoms with Crippen LogP contribution >= 0.6 is 0 Å². The van der Waals surface area contributed by atoms with E-state index < -0.39 is 0 Å². The van der Waals surface area contributed by atoms with E-state index in [0.717, 1.165) is 6.54 Å². The molecule has 1 unspecified atom stereocenters. The van der Waals surface area contributed by atoms with Crippen LogP contribution in [0.3, 0.4) is 0 Å². The second-order valence-corrected chi connectivity index (χ2v) is 5.44. The van der Waals surface area contributed by atoms with Gasteiger partial charge in [0.05, 0.1) is 12.1 Å². The van der Waals surface area contributed by atoms with Crippen molar-refractivity contribution in [2.24, 2.45) is 0 Å². The van der Waals surface area contributed by atoms with Gasteiger partial charge in [-0.1, -0.05) is 60.7 Å². The highest BCUT2D eigenvalue weighted by Gasteiger charge is 2.40. The zero-order chi connectivity index (χ0) is 13.9. The molecule has 0 aromatic heterocycles. The molecular formula is C18H21NO. The molecule has 2 aromatic carbocycles. The average Bonchev–Trinajstić information content (AvgIpc) is 2.52. The molecule has 2 nitrogen and oxygen atoms in total. The summed E-state index contributed by atoms with van der Waals surface area (Å²) in [6.07, 6.45) is 0.352. The van der Waals surface area contributed by atoms with E-state index in [1.165, 1.54) is 11.1 Å². The largest absolute Gasteiger partial charge is 0.379 e. The van der Waals surface area contributed by atoms with Gasteiger partial charge in [-0.15, -0.1) is 0 Å². The van der Waals surface area contributed by atoms with Gasteiger partial charge in [0.1, 0.15) is 0 Å². The highest BCUT2D eigenvalue weighted by Crippen LogP contribution is 2.36. The van der Waals surface area contributed by atoms with Gasteiger partial charge in [-0.05, 0) is 18.1 Å². The van der Waals surface area contributed by atoms with E-state index >= 15 is 0 Å². The van der Waals surface area contributed by atoms with E-state index in [2.05, 4.69) is 72.5 Å². The summed E-state index contributed by atoms with van der Waals surface area (Å²) >= 11 is 0. The number of hydrogen-bond acceptors (Lipinski definition) is 2. The van der Waals surface area contributed by atoms with Crippen molar-refractivity contribution in [3.05, 3.63) is 71.8 Å². The molecule has 3 rings (SSSR count). The summed E-state index contributed by atoms with van der Waals surface area (Å²) in [6, 6.07) is 22.2. The van der Waals surface area contributed by atoms with Gasteiger partial charge in [-0.2, -0.15) is 0 Å². The van der Waals surface area contributed by atoms with Crippen LogP contribution in [0.15, 0.2) is 60.7 Å². The standard InChI is InChI=1S/C18H21NO/c1-14-17(20-2)13-19(14)18(15-9-5-3-6-10-15)16-11-7-4-8-12-16/h3-12,14,17-18H,13H2,1-2H3/t14?,17-/m1/s1. The Morgan fingerprint density at radius 1 is 0.950 bits per heavy atom. The van der Waals surface area contributed by atoms with Crippen LogP contribution in [0.5, 0.6) is 0 Å². The molecule has 2 aromatic rings. The van der Waals surface area contributed by atoms with Crippen LogP contribution in [0.2, 0.25) is 0 Å². The van der Waals surface area contributed by atoms with Gasteiger partial charge in [-0.3, -0.25) is 4.90 Å².